The van der Waals surface area contributed by atoms with Gasteiger partial charge in [-0.05, 0) is 37.0 Å². The Labute approximate surface area is 135 Å². The molecule has 22 heavy (non-hydrogen) atoms. The Kier molecular flexibility index (Phi) is 10.9. The van der Waals surface area contributed by atoms with Crippen LogP contribution in [0.3, 0.4) is 0 Å². The Morgan fingerprint density at radius 2 is 1.55 bits per heavy atom. The summed E-state index contributed by atoms with van der Waals surface area (Å²) in [4.78, 5) is 21.4. The highest BCUT2D eigenvalue weighted by atomic mass is 16.5. The van der Waals surface area contributed by atoms with E-state index in [0.717, 1.165) is 19.3 Å². The SMILES string of the molecule is CC.CC(C)C1CCC(=O)OC1.CC(C)C1CCCC(=O)O1. The average molecular weight is 314 g/mol. The quantitative estimate of drug-likeness (QED) is 0.711. The summed E-state index contributed by atoms with van der Waals surface area (Å²) in [5.74, 6) is 1.66. The van der Waals surface area contributed by atoms with E-state index in [1.807, 2.05) is 13.8 Å². The third-order valence-corrected chi connectivity index (χ3v) is 4.02. The first-order valence-corrected chi connectivity index (χ1v) is 8.75. The maximum atomic E-state index is 10.8. The second kappa shape index (κ2) is 11.5. The molecule has 0 radical (unpaired) electrons. The fourth-order valence-corrected chi connectivity index (χ4v) is 2.39. The fraction of sp³-hybridized carbons (Fsp3) is 0.889. The molecule has 0 amide bonds. The largest absolute Gasteiger partial charge is 0.465 e. The van der Waals surface area contributed by atoms with Crippen molar-refractivity contribution in [1.29, 1.82) is 0 Å². The van der Waals surface area contributed by atoms with E-state index in [-0.39, 0.29) is 18.0 Å². The average Bonchev–Trinajstić information content (AvgIpc) is 2.50. The zero-order valence-electron chi connectivity index (χ0n) is 15.2. The Morgan fingerprint density at radius 3 is 1.91 bits per heavy atom. The monoisotopic (exact) mass is 314 g/mol. The van der Waals surface area contributed by atoms with Gasteiger partial charge in [-0.3, -0.25) is 9.59 Å². The smallest absolute Gasteiger partial charge is 0.306 e. The highest BCUT2D eigenvalue weighted by Crippen LogP contribution is 2.22. The fourth-order valence-electron chi connectivity index (χ4n) is 2.39. The lowest BCUT2D eigenvalue weighted by molar-refractivity contribution is -0.156. The molecule has 2 heterocycles. The van der Waals surface area contributed by atoms with Crippen LogP contribution in [0.4, 0.5) is 0 Å². The summed E-state index contributed by atoms with van der Waals surface area (Å²) in [6.07, 6.45) is 4.47. The van der Waals surface area contributed by atoms with Crippen molar-refractivity contribution in [1.82, 2.24) is 0 Å². The lowest BCUT2D eigenvalue weighted by Gasteiger charge is -2.24. The molecule has 0 aromatic heterocycles. The molecular weight excluding hydrogens is 280 g/mol. The van der Waals surface area contributed by atoms with Gasteiger partial charge in [0.1, 0.15) is 6.10 Å². The number of ether oxygens (including phenoxy) is 2. The highest BCUT2D eigenvalue weighted by molar-refractivity contribution is 5.70. The van der Waals surface area contributed by atoms with Gasteiger partial charge in [0.2, 0.25) is 0 Å². The van der Waals surface area contributed by atoms with Crippen LogP contribution in [0.1, 0.15) is 73.6 Å². The van der Waals surface area contributed by atoms with Crippen molar-refractivity contribution in [2.45, 2.75) is 79.8 Å². The minimum Gasteiger partial charge on any atom is -0.465 e. The molecule has 0 saturated carbocycles. The first-order chi connectivity index (χ1) is 10.4. The standard InChI is InChI=1S/2C8H14O2.C2H6/c1-6(2)7-3-4-8(9)10-5-7;1-6(2)7-4-3-5-8(9)10-7;1-2/h2*6-7H,3-5H2,1-2H3;1-2H3. The van der Waals surface area contributed by atoms with Crippen LogP contribution in [0.5, 0.6) is 0 Å². The number of cyclic esters (lactones) is 2. The normalized spacial score (nSPS) is 24.5. The van der Waals surface area contributed by atoms with Crippen LogP contribution in [0, 0.1) is 17.8 Å². The molecule has 2 fully saturated rings. The van der Waals surface area contributed by atoms with Crippen molar-refractivity contribution in [3.63, 3.8) is 0 Å². The summed E-state index contributed by atoms with van der Waals surface area (Å²) in [6, 6.07) is 0. The zero-order chi connectivity index (χ0) is 17.1. The molecule has 4 heteroatoms. The van der Waals surface area contributed by atoms with E-state index in [2.05, 4.69) is 27.7 Å². The van der Waals surface area contributed by atoms with E-state index in [9.17, 15) is 9.59 Å². The van der Waals surface area contributed by atoms with Crippen molar-refractivity contribution in [3.05, 3.63) is 0 Å². The van der Waals surface area contributed by atoms with Gasteiger partial charge in [-0.2, -0.15) is 0 Å². The van der Waals surface area contributed by atoms with Gasteiger partial charge < -0.3 is 9.47 Å². The lowest BCUT2D eigenvalue weighted by Crippen LogP contribution is -2.27. The third-order valence-electron chi connectivity index (χ3n) is 4.02. The molecule has 0 spiro atoms. The molecule has 130 valence electrons. The summed E-state index contributed by atoms with van der Waals surface area (Å²) >= 11 is 0. The van der Waals surface area contributed by atoms with Gasteiger partial charge in [0.05, 0.1) is 6.61 Å². The van der Waals surface area contributed by atoms with Crippen molar-refractivity contribution in [2.24, 2.45) is 17.8 Å². The van der Waals surface area contributed by atoms with E-state index in [1.165, 1.54) is 0 Å². The van der Waals surface area contributed by atoms with Crippen molar-refractivity contribution < 1.29 is 19.1 Å². The van der Waals surface area contributed by atoms with Gasteiger partial charge in [0.25, 0.3) is 0 Å². The Bertz CT molecular complexity index is 313. The van der Waals surface area contributed by atoms with Crippen LogP contribution in [-0.2, 0) is 19.1 Å². The van der Waals surface area contributed by atoms with Crippen LogP contribution in [0.2, 0.25) is 0 Å². The lowest BCUT2D eigenvalue weighted by atomic mass is 9.91. The summed E-state index contributed by atoms with van der Waals surface area (Å²) in [6.45, 7) is 13.1. The molecule has 2 aliphatic heterocycles. The zero-order valence-corrected chi connectivity index (χ0v) is 15.2. The number of esters is 2. The van der Waals surface area contributed by atoms with Gasteiger partial charge in [-0.1, -0.05) is 41.5 Å². The number of rotatable bonds is 2. The molecule has 0 N–H and O–H groups in total. The number of hydrogen-bond donors (Lipinski definition) is 0. The Balaban J connectivity index is 0.000000360. The van der Waals surface area contributed by atoms with E-state index in [0.29, 0.717) is 37.2 Å². The minimum absolute atomic E-state index is 0.0232. The second-order valence-electron chi connectivity index (χ2n) is 6.39. The number of carbonyl (C=O) groups is 2. The molecule has 0 aromatic carbocycles. The predicted octanol–water partition coefficient (Wildman–Crippen LogP) is 4.36. The summed E-state index contributed by atoms with van der Waals surface area (Å²) in [5.41, 5.74) is 0. The van der Waals surface area contributed by atoms with E-state index >= 15 is 0 Å². The topological polar surface area (TPSA) is 52.6 Å². The predicted molar refractivity (Wildman–Crippen MR) is 88.4 cm³/mol. The molecule has 2 aliphatic rings. The Morgan fingerprint density at radius 1 is 0.909 bits per heavy atom. The number of carbonyl (C=O) groups excluding carboxylic acids is 2. The maximum absolute atomic E-state index is 10.8. The third kappa shape index (κ3) is 8.40. The number of hydrogen-bond acceptors (Lipinski definition) is 4. The van der Waals surface area contributed by atoms with Crippen LogP contribution >= 0.6 is 0 Å². The van der Waals surface area contributed by atoms with Crippen LogP contribution in [0.25, 0.3) is 0 Å². The van der Waals surface area contributed by atoms with Crippen LogP contribution in [-0.4, -0.2) is 24.6 Å². The van der Waals surface area contributed by atoms with E-state index < -0.39 is 0 Å². The van der Waals surface area contributed by atoms with Gasteiger partial charge in [0.15, 0.2) is 0 Å². The maximum Gasteiger partial charge on any atom is 0.306 e. The first kappa shape index (κ1) is 20.9. The van der Waals surface area contributed by atoms with Gasteiger partial charge >= 0.3 is 11.9 Å². The summed E-state index contributed by atoms with van der Waals surface area (Å²) in [5, 5.41) is 0. The molecular formula is C18H34O4. The van der Waals surface area contributed by atoms with Crippen molar-refractivity contribution in [2.75, 3.05) is 6.61 Å². The summed E-state index contributed by atoms with van der Waals surface area (Å²) in [7, 11) is 0. The molecule has 0 bridgehead atoms. The molecule has 0 aliphatic carbocycles. The molecule has 2 saturated heterocycles. The highest BCUT2D eigenvalue weighted by Gasteiger charge is 2.22. The molecule has 2 rings (SSSR count). The minimum atomic E-state index is -0.0306. The molecule has 2 atom stereocenters. The van der Waals surface area contributed by atoms with E-state index in [1.54, 1.807) is 0 Å². The van der Waals surface area contributed by atoms with Gasteiger partial charge in [0, 0.05) is 12.8 Å². The Hall–Kier alpha value is -1.06. The van der Waals surface area contributed by atoms with Gasteiger partial charge in [-0.15, -0.1) is 0 Å². The van der Waals surface area contributed by atoms with Crippen molar-refractivity contribution in [3.8, 4) is 0 Å². The molecule has 4 nitrogen and oxygen atoms in total. The van der Waals surface area contributed by atoms with Crippen LogP contribution in [0.15, 0.2) is 0 Å². The van der Waals surface area contributed by atoms with Gasteiger partial charge in [-0.25, -0.2) is 0 Å². The molecule has 0 aromatic rings. The van der Waals surface area contributed by atoms with Crippen LogP contribution < -0.4 is 0 Å². The molecule has 2 unspecified atom stereocenters. The summed E-state index contributed by atoms with van der Waals surface area (Å²) < 4.78 is 10.0. The second-order valence-corrected chi connectivity index (χ2v) is 6.39. The van der Waals surface area contributed by atoms with E-state index in [4.69, 9.17) is 9.47 Å². The van der Waals surface area contributed by atoms with Crippen molar-refractivity contribution >= 4 is 11.9 Å². The first-order valence-electron chi connectivity index (χ1n) is 8.75.